The molecule has 0 saturated heterocycles. The van der Waals surface area contributed by atoms with Gasteiger partial charge in [-0.05, 0) is 56.4 Å². The lowest BCUT2D eigenvalue weighted by Crippen LogP contribution is -2.25. The average Bonchev–Trinajstić information content (AvgIpc) is 2.73. The van der Waals surface area contributed by atoms with Gasteiger partial charge in [0.2, 0.25) is 0 Å². The molecular weight excluding hydrogens is 338 g/mol. The largest absolute Gasteiger partial charge is 0.490 e. The molecule has 0 radical (unpaired) electrons. The molecule has 0 heterocycles. The Hall–Kier alpha value is -2.75. The number of rotatable bonds is 9. The summed E-state index contributed by atoms with van der Waals surface area (Å²) in [5.41, 5.74) is 2.03. The second-order valence-corrected chi connectivity index (χ2v) is 6.62. The Morgan fingerprint density at radius 2 is 1.70 bits per heavy atom. The number of carbonyl (C=O) groups is 1. The lowest BCUT2D eigenvalue weighted by Gasteiger charge is -2.14. The van der Waals surface area contributed by atoms with Crippen molar-refractivity contribution in [2.24, 2.45) is 0 Å². The molecule has 0 unspecified atom stereocenters. The van der Waals surface area contributed by atoms with Crippen molar-refractivity contribution in [3.8, 4) is 11.5 Å². The van der Waals surface area contributed by atoms with E-state index in [-0.39, 0.29) is 5.91 Å². The quantitative estimate of drug-likeness (QED) is 0.515. The number of allylic oxidation sites excluding steroid dienone is 1. The minimum Gasteiger partial charge on any atom is -0.490 e. The van der Waals surface area contributed by atoms with E-state index in [4.69, 9.17) is 9.47 Å². The van der Waals surface area contributed by atoms with Crippen LogP contribution < -0.4 is 14.8 Å². The van der Waals surface area contributed by atoms with Gasteiger partial charge in [0.05, 0.1) is 5.56 Å². The van der Waals surface area contributed by atoms with Crippen LogP contribution in [-0.2, 0) is 0 Å². The van der Waals surface area contributed by atoms with Crippen LogP contribution in [-0.4, -0.2) is 25.7 Å². The molecule has 4 nitrogen and oxygen atoms in total. The van der Waals surface area contributed by atoms with Crippen molar-refractivity contribution in [3.63, 3.8) is 0 Å². The second-order valence-electron chi connectivity index (χ2n) is 6.62. The first-order chi connectivity index (χ1) is 13.3. The molecule has 1 N–H and O–H groups in total. The highest BCUT2D eigenvalue weighted by Crippen LogP contribution is 2.20. The molecule has 0 saturated carbocycles. The number of hydrogen-bond acceptors (Lipinski definition) is 3. The van der Waals surface area contributed by atoms with Gasteiger partial charge in [-0.3, -0.25) is 4.79 Å². The third-order valence-corrected chi connectivity index (χ3v) is 4.60. The van der Waals surface area contributed by atoms with Gasteiger partial charge in [0, 0.05) is 6.54 Å². The fourth-order valence-corrected chi connectivity index (χ4v) is 3.17. The van der Waals surface area contributed by atoms with E-state index in [1.165, 1.54) is 24.8 Å². The van der Waals surface area contributed by atoms with Crippen molar-refractivity contribution in [1.82, 2.24) is 5.32 Å². The van der Waals surface area contributed by atoms with E-state index >= 15 is 0 Å². The minimum atomic E-state index is -0.0917. The molecule has 2 aromatic carbocycles. The normalized spacial score (nSPS) is 13.6. The third kappa shape index (κ3) is 6.17. The van der Waals surface area contributed by atoms with Gasteiger partial charge in [-0.25, -0.2) is 0 Å². The highest BCUT2D eigenvalue weighted by Gasteiger charge is 2.12. The monoisotopic (exact) mass is 365 g/mol. The van der Waals surface area contributed by atoms with Gasteiger partial charge in [-0.1, -0.05) is 42.0 Å². The Bertz CT molecular complexity index is 755. The Kier molecular flexibility index (Phi) is 7.34. The first kappa shape index (κ1) is 19.0. The highest BCUT2D eigenvalue weighted by molar-refractivity contribution is 5.96. The van der Waals surface area contributed by atoms with Gasteiger partial charge >= 0.3 is 0 Å². The molecule has 142 valence electrons. The fraction of sp³-hybridized carbons (Fsp3) is 0.348. The van der Waals surface area contributed by atoms with E-state index in [0.29, 0.717) is 31.1 Å². The average molecular weight is 365 g/mol. The van der Waals surface area contributed by atoms with Crippen LogP contribution in [0.25, 0.3) is 0 Å². The first-order valence-corrected chi connectivity index (χ1v) is 9.69. The fourth-order valence-electron chi connectivity index (χ4n) is 3.17. The maximum absolute atomic E-state index is 12.5. The molecule has 0 fully saturated rings. The molecule has 0 aromatic heterocycles. The summed E-state index contributed by atoms with van der Waals surface area (Å²) in [7, 11) is 0. The lowest BCUT2D eigenvalue weighted by atomic mass is 9.97. The summed E-state index contributed by atoms with van der Waals surface area (Å²) in [6.07, 6.45) is 8.14. The molecule has 0 spiro atoms. The van der Waals surface area contributed by atoms with Crippen molar-refractivity contribution < 1.29 is 14.3 Å². The molecule has 0 atom stereocenters. The number of ether oxygens (including phenoxy) is 2. The Morgan fingerprint density at radius 1 is 0.926 bits per heavy atom. The smallest absolute Gasteiger partial charge is 0.255 e. The van der Waals surface area contributed by atoms with Crippen LogP contribution in [0.15, 0.2) is 66.2 Å². The molecule has 4 heteroatoms. The predicted octanol–water partition coefficient (Wildman–Crippen LogP) is 4.76. The molecular formula is C23H27NO3. The van der Waals surface area contributed by atoms with Crippen LogP contribution >= 0.6 is 0 Å². The molecule has 0 aliphatic heterocycles. The molecule has 1 aliphatic carbocycles. The third-order valence-electron chi connectivity index (χ3n) is 4.60. The van der Waals surface area contributed by atoms with Gasteiger partial charge in [0.1, 0.15) is 24.7 Å². The highest BCUT2D eigenvalue weighted by atomic mass is 16.5. The first-order valence-electron chi connectivity index (χ1n) is 9.69. The van der Waals surface area contributed by atoms with Crippen molar-refractivity contribution >= 4 is 5.91 Å². The summed E-state index contributed by atoms with van der Waals surface area (Å²) in [5.74, 6) is 1.30. The summed E-state index contributed by atoms with van der Waals surface area (Å²) in [4.78, 5) is 12.5. The van der Waals surface area contributed by atoms with Gasteiger partial charge in [0.15, 0.2) is 0 Å². The molecule has 0 bridgehead atoms. The molecule has 1 aliphatic rings. The van der Waals surface area contributed by atoms with Gasteiger partial charge in [0.25, 0.3) is 5.91 Å². The lowest BCUT2D eigenvalue weighted by molar-refractivity contribution is 0.0948. The SMILES string of the molecule is O=C(NCCC1=CCCCC1)c1ccccc1OCCOc1ccccc1. The van der Waals surface area contributed by atoms with Crippen LogP contribution in [0.4, 0.5) is 0 Å². The summed E-state index contributed by atoms with van der Waals surface area (Å²) in [6.45, 7) is 1.47. The summed E-state index contributed by atoms with van der Waals surface area (Å²) < 4.78 is 11.4. The maximum atomic E-state index is 12.5. The molecule has 27 heavy (non-hydrogen) atoms. The van der Waals surface area contributed by atoms with Crippen LogP contribution in [0.3, 0.4) is 0 Å². The van der Waals surface area contributed by atoms with E-state index in [2.05, 4.69) is 11.4 Å². The number of benzene rings is 2. The number of nitrogens with one attached hydrogen (secondary N) is 1. The van der Waals surface area contributed by atoms with Crippen LogP contribution in [0.5, 0.6) is 11.5 Å². The van der Waals surface area contributed by atoms with E-state index in [1.54, 1.807) is 6.07 Å². The van der Waals surface area contributed by atoms with Gasteiger partial charge in [-0.15, -0.1) is 0 Å². The minimum absolute atomic E-state index is 0.0917. The maximum Gasteiger partial charge on any atom is 0.255 e. The van der Waals surface area contributed by atoms with E-state index < -0.39 is 0 Å². The Morgan fingerprint density at radius 3 is 2.52 bits per heavy atom. The zero-order chi connectivity index (χ0) is 18.7. The van der Waals surface area contributed by atoms with Crippen LogP contribution in [0.2, 0.25) is 0 Å². The summed E-state index contributed by atoms with van der Waals surface area (Å²) >= 11 is 0. The Balaban J connectivity index is 1.45. The summed E-state index contributed by atoms with van der Waals surface area (Å²) in [5, 5.41) is 3.01. The molecule has 2 aromatic rings. The standard InChI is InChI=1S/C23H27NO3/c25-23(24-16-15-19-9-3-1-4-10-19)21-13-7-8-14-22(21)27-18-17-26-20-11-5-2-6-12-20/h2,5-9,11-14H,1,3-4,10,15-18H2,(H,24,25). The van der Waals surface area contributed by atoms with E-state index in [1.807, 2.05) is 48.5 Å². The summed E-state index contributed by atoms with van der Waals surface area (Å²) in [6, 6.07) is 17.0. The van der Waals surface area contributed by atoms with Crippen molar-refractivity contribution in [1.29, 1.82) is 0 Å². The topological polar surface area (TPSA) is 47.6 Å². The van der Waals surface area contributed by atoms with E-state index in [9.17, 15) is 4.79 Å². The van der Waals surface area contributed by atoms with E-state index in [0.717, 1.165) is 18.6 Å². The van der Waals surface area contributed by atoms with Crippen LogP contribution in [0, 0.1) is 0 Å². The van der Waals surface area contributed by atoms with Crippen molar-refractivity contribution in [2.75, 3.05) is 19.8 Å². The van der Waals surface area contributed by atoms with Crippen LogP contribution in [0.1, 0.15) is 42.5 Å². The van der Waals surface area contributed by atoms with Crippen molar-refractivity contribution in [2.45, 2.75) is 32.1 Å². The predicted molar refractivity (Wildman–Crippen MR) is 107 cm³/mol. The van der Waals surface area contributed by atoms with Gasteiger partial charge < -0.3 is 14.8 Å². The number of amides is 1. The number of hydrogen-bond donors (Lipinski definition) is 1. The van der Waals surface area contributed by atoms with Crippen molar-refractivity contribution in [3.05, 3.63) is 71.8 Å². The van der Waals surface area contributed by atoms with Gasteiger partial charge in [-0.2, -0.15) is 0 Å². The zero-order valence-electron chi connectivity index (χ0n) is 15.7. The molecule has 1 amide bonds. The number of para-hydroxylation sites is 2. The second kappa shape index (κ2) is 10.4. The molecule has 3 rings (SSSR count). The zero-order valence-corrected chi connectivity index (χ0v) is 15.7. The Labute approximate surface area is 161 Å². The number of carbonyl (C=O) groups excluding carboxylic acids is 1.